The molecule has 12 heteroatoms. The summed E-state index contributed by atoms with van der Waals surface area (Å²) in [5.74, 6) is -2.69. The minimum Gasteiger partial charge on any atom is -0.463 e. The smallest absolute Gasteiger partial charge is 0.303 e. The minimum atomic E-state index is -2.19. The van der Waals surface area contributed by atoms with Crippen LogP contribution in [0.2, 0.25) is 0 Å². The topological polar surface area (TPSA) is 121 Å². The van der Waals surface area contributed by atoms with Gasteiger partial charge in [-0.2, -0.15) is 0 Å². The molecule has 0 spiro atoms. The number of rotatable bonds is 5. The van der Waals surface area contributed by atoms with Crippen molar-refractivity contribution in [2.45, 2.75) is 55.6 Å². The maximum absolute atomic E-state index is 11.4. The number of esters is 3. The molecular formula is C14H18Cl3NO8. The molecule has 1 N–H and O–H groups in total. The zero-order chi connectivity index (χ0) is 20.1. The largest absolute Gasteiger partial charge is 0.463 e. The Morgan fingerprint density at radius 2 is 1.62 bits per heavy atom. The van der Waals surface area contributed by atoms with Gasteiger partial charge in [-0.05, 0) is 0 Å². The fourth-order valence-corrected chi connectivity index (χ4v) is 2.27. The summed E-state index contributed by atoms with van der Waals surface area (Å²) in [5, 5.41) is 7.66. The highest BCUT2D eigenvalue weighted by molar-refractivity contribution is 6.76. The van der Waals surface area contributed by atoms with Crippen LogP contribution in [0.25, 0.3) is 0 Å². The standard InChI is InChI=1S/C14H18Cl3NO8/c1-6(19)22-5-9-4-10(23-7(2)20)11(24-8(3)21)12(25-9)26-13(18)14(15,16)17/h9-12,18H,4-5H2,1-3H3/t9-,10-,11+,12?/m0/s1. The first-order valence-electron chi connectivity index (χ1n) is 7.35. The highest BCUT2D eigenvalue weighted by atomic mass is 35.6. The molecule has 0 aromatic heterocycles. The third-order valence-electron chi connectivity index (χ3n) is 3.04. The van der Waals surface area contributed by atoms with Crippen molar-refractivity contribution in [2.24, 2.45) is 0 Å². The molecule has 1 heterocycles. The van der Waals surface area contributed by atoms with Crippen molar-refractivity contribution >= 4 is 58.6 Å². The van der Waals surface area contributed by atoms with Gasteiger partial charge in [-0.15, -0.1) is 0 Å². The van der Waals surface area contributed by atoms with Gasteiger partial charge < -0.3 is 23.7 Å². The Morgan fingerprint density at radius 1 is 1.04 bits per heavy atom. The van der Waals surface area contributed by atoms with Crippen molar-refractivity contribution in [1.29, 1.82) is 5.41 Å². The lowest BCUT2D eigenvalue weighted by Crippen LogP contribution is -2.54. The summed E-state index contributed by atoms with van der Waals surface area (Å²) in [6.45, 7) is 3.33. The lowest BCUT2D eigenvalue weighted by atomic mass is 10.0. The molecule has 0 radical (unpaired) electrons. The van der Waals surface area contributed by atoms with Crippen LogP contribution in [-0.2, 0) is 38.1 Å². The van der Waals surface area contributed by atoms with Crippen molar-refractivity contribution in [3.63, 3.8) is 0 Å². The van der Waals surface area contributed by atoms with Crippen LogP contribution in [0.1, 0.15) is 27.2 Å². The molecule has 1 rings (SSSR count). The Bertz CT molecular complexity index is 565. The van der Waals surface area contributed by atoms with E-state index in [-0.39, 0.29) is 13.0 Å². The zero-order valence-corrected chi connectivity index (χ0v) is 16.4. The van der Waals surface area contributed by atoms with E-state index in [1.165, 1.54) is 13.8 Å². The van der Waals surface area contributed by atoms with Gasteiger partial charge in [0.15, 0.2) is 0 Å². The van der Waals surface area contributed by atoms with Gasteiger partial charge in [-0.25, -0.2) is 0 Å². The molecule has 0 saturated carbocycles. The van der Waals surface area contributed by atoms with Crippen LogP contribution >= 0.6 is 34.8 Å². The van der Waals surface area contributed by atoms with Crippen molar-refractivity contribution in [1.82, 2.24) is 0 Å². The van der Waals surface area contributed by atoms with Crippen LogP contribution in [0, 0.1) is 5.41 Å². The molecule has 0 aromatic rings. The van der Waals surface area contributed by atoms with Crippen LogP contribution in [0.15, 0.2) is 0 Å². The Hall–Kier alpha value is -1.29. The molecule has 1 saturated heterocycles. The average molecular weight is 435 g/mol. The van der Waals surface area contributed by atoms with Gasteiger partial charge >= 0.3 is 17.9 Å². The van der Waals surface area contributed by atoms with E-state index in [2.05, 4.69) is 0 Å². The van der Waals surface area contributed by atoms with E-state index in [1.807, 2.05) is 0 Å². The maximum atomic E-state index is 11.4. The van der Waals surface area contributed by atoms with E-state index in [1.54, 1.807) is 0 Å². The minimum absolute atomic E-state index is 0.0474. The molecule has 148 valence electrons. The van der Waals surface area contributed by atoms with Gasteiger partial charge in [0, 0.05) is 27.2 Å². The first kappa shape index (κ1) is 22.8. The lowest BCUT2D eigenvalue weighted by Gasteiger charge is -2.40. The van der Waals surface area contributed by atoms with Crippen molar-refractivity contribution in [3.05, 3.63) is 0 Å². The molecule has 1 aliphatic heterocycles. The van der Waals surface area contributed by atoms with Crippen molar-refractivity contribution in [2.75, 3.05) is 6.61 Å². The molecule has 1 aliphatic rings. The zero-order valence-electron chi connectivity index (χ0n) is 14.1. The quantitative estimate of drug-likeness (QED) is 0.229. The molecule has 0 aromatic carbocycles. The predicted octanol–water partition coefficient (Wildman–Crippen LogP) is 1.89. The first-order valence-corrected chi connectivity index (χ1v) is 8.49. The summed E-state index contributed by atoms with van der Waals surface area (Å²) in [4.78, 5) is 33.8. The SMILES string of the molecule is CC(=O)OC[C@@H]1C[C@H](OC(C)=O)[C@@H](OC(C)=O)C(OC(=N)C(Cl)(Cl)Cl)O1. The van der Waals surface area contributed by atoms with Crippen LogP contribution in [0.5, 0.6) is 0 Å². The Kier molecular flexibility index (Phi) is 8.39. The first-order chi connectivity index (χ1) is 11.9. The second-order valence-electron chi connectivity index (χ2n) is 5.33. The second kappa shape index (κ2) is 9.59. The number of halogens is 3. The molecule has 1 fully saturated rings. The fraction of sp³-hybridized carbons (Fsp3) is 0.714. The van der Waals surface area contributed by atoms with E-state index in [0.29, 0.717) is 0 Å². The van der Waals surface area contributed by atoms with Gasteiger partial charge in [-0.1, -0.05) is 34.8 Å². The van der Waals surface area contributed by atoms with E-state index >= 15 is 0 Å². The Balaban J connectivity index is 3.04. The number of nitrogens with one attached hydrogen (secondary N) is 1. The van der Waals surface area contributed by atoms with Crippen LogP contribution < -0.4 is 0 Å². The van der Waals surface area contributed by atoms with Crippen LogP contribution in [-0.4, -0.2) is 58.8 Å². The normalized spacial score (nSPS) is 25.8. The van der Waals surface area contributed by atoms with Crippen LogP contribution in [0.4, 0.5) is 0 Å². The van der Waals surface area contributed by atoms with E-state index in [9.17, 15) is 14.4 Å². The van der Waals surface area contributed by atoms with Gasteiger partial charge in [0.1, 0.15) is 12.7 Å². The molecule has 9 nitrogen and oxygen atoms in total. The summed E-state index contributed by atoms with van der Waals surface area (Å²) in [6.07, 6.45) is -4.37. The number of ether oxygens (including phenoxy) is 5. The summed E-state index contributed by atoms with van der Waals surface area (Å²) in [5.41, 5.74) is 0. The van der Waals surface area contributed by atoms with Gasteiger partial charge in [0.25, 0.3) is 3.79 Å². The summed E-state index contributed by atoms with van der Waals surface area (Å²) in [6, 6.07) is 0. The van der Waals surface area contributed by atoms with E-state index < -0.39 is 52.2 Å². The lowest BCUT2D eigenvalue weighted by molar-refractivity contribution is -0.259. The number of hydrogen-bond donors (Lipinski definition) is 1. The maximum Gasteiger partial charge on any atom is 0.303 e. The molecule has 26 heavy (non-hydrogen) atoms. The van der Waals surface area contributed by atoms with Gasteiger partial charge in [-0.3, -0.25) is 19.8 Å². The highest BCUT2D eigenvalue weighted by Gasteiger charge is 2.46. The third-order valence-corrected chi connectivity index (χ3v) is 3.55. The van der Waals surface area contributed by atoms with Crippen LogP contribution in [0.3, 0.4) is 0 Å². The highest BCUT2D eigenvalue weighted by Crippen LogP contribution is 2.32. The molecular weight excluding hydrogens is 417 g/mol. The predicted molar refractivity (Wildman–Crippen MR) is 90.1 cm³/mol. The Labute approximate surface area is 164 Å². The molecule has 0 aliphatic carbocycles. The van der Waals surface area contributed by atoms with Gasteiger partial charge in [0.2, 0.25) is 18.3 Å². The molecule has 4 atom stereocenters. The second-order valence-corrected chi connectivity index (χ2v) is 7.61. The molecule has 0 bridgehead atoms. The summed E-state index contributed by atoms with van der Waals surface area (Å²) >= 11 is 16.7. The van der Waals surface area contributed by atoms with Gasteiger partial charge in [0.05, 0.1) is 6.10 Å². The van der Waals surface area contributed by atoms with E-state index in [0.717, 1.165) is 6.92 Å². The average Bonchev–Trinajstić information content (AvgIpc) is 2.46. The van der Waals surface area contributed by atoms with Crippen molar-refractivity contribution < 1.29 is 38.1 Å². The monoisotopic (exact) mass is 433 g/mol. The number of carbonyl (C=O) groups is 3. The third kappa shape index (κ3) is 7.53. The van der Waals surface area contributed by atoms with E-state index in [4.69, 9.17) is 63.9 Å². The number of alkyl halides is 3. The van der Waals surface area contributed by atoms with Crippen molar-refractivity contribution in [3.8, 4) is 0 Å². The molecule has 0 amide bonds. The summed E-state index contributed by atoms with van der Waals surface area (Å²) in [7, 11) is 0. The number of hydrogen-bond acceptors (Lipinski definition) is 9. The Morgan fingerprint density at radius 3 is 2.08 bits per heavy atom. The summed E-state index contributed by atoms with van der Waals surface area (Å²) < 4.78 is 23.7. The molecule has 1 unspecified atom stereocenters. The fourth-order valence-electron chi connectivity index (χ4n) is 2.14. The number of carbonyl (C=O) groups excluding carboxylic acids is 3.